The van der Waals surface area contributed by atoms with Gasteiger partial charge in [-0.05, 0) is 19.3 Å². The van der Waals surface area contributed by atoms with Crippen LogP contribution in [0.1, 0.15) is 96.8 Å². The lowest BCUT2D eigenvalue weighted by Crippen LogP contribution is -2.09. The van der Waals surface area contributed by atoms with Crippen molar-refractivity contribution < 1.29 is 4.79 Å². The summed E-state index contributed by atoms with van der Waals surface area (Å²) in [5.74, 6) is 1.01. The number of hydrogen-bond acceptors (Lipinski definition) is 1. The monoisotopic (exact) mass is 252 g/mol. The molecule has 1 rings (SSSR count). The van der Waals surface area contributed by atoms with Crippen LogP contribution in [0.4, 0.5) is 0 Å². The van der Waals surface area contributed by atoms with Crippen LogP contribution in [-0.4, -0.2) is 5.78 Å². The van der Waals surface area contributed by atoms with Gasteiger partial charge in [0.25, 0.3) is 0 Å². The highest BCUT2D eigenvalue weighted by atomic mass is 16.1. The summed E-state index contributed by atoms with van der Waals surface area (Å²) in [6.07, 6.45) is 17.9. The van der Waals surface area contributed by atoms with E-state index in [1.807, 2.05) is 0 Å². The third-order valence-corrected chi connectivity index (χ3v) is 4.34. The number of Topliss-reactive ketones (excluding diaryl/α,β-unsaturated/α-hetero) is 1. The molecule has 0 aromatic carbocycles. The highest BCUT2D eigenvalue weighted by Gasteiger charge is 2.21. The maximum absolute atomic E-state index is 11.9. The van der Waals surface area contributed by atoms with E-state index in [0.717, 1.165) is 12.8 Å². The van der Waals surface area contributed by atoms with E-state index in [2.05, 4.69) is 6.92 Å². The number of unbranched alkanes of at least 4 members (excludes halogenated alkanes) is 8. The van der Waals surface area contributed by atoms with Gasteiger partial charge in [0.2, 0.25) is 0 Å². The molecule has 0 aromatic rings. The second-order valence-corrected chi connectivity index (χ2v) is 6.03. The first-order chi connectivity index (χ1) is 8.84. The molecular formula is C17H32O. The third kappa shape index (κ3) is 7.18. The standard InChI is InChI=1S/C17H32O/c1-2-3-4-5-6-7-8-9-10-15-17(18)16-13-11-12-14-16/h16H,2-15H2,1H3. The fourth-order valence-corrected chi connectivity index (χ4v) is 3.06. The topological polar surface area (TPSA) is 17.1 Å². The molecule has 0 radical (unpaired) electrons. The molecule has 18 heavy (non-hydrogen) atoms. The van der Waals surface area contributed by atoms with Crippen LogP contribution in [0.25, 0.3) is 0 Å². The van der Waals surface area contributed by atoms with Crippen LogP contribution in [0.5, 0.6) is 0 Å². The molecule has 0 bridgehead atoms. The number of rotatable bonds is 11. The normalized spacial score (nSPS) is 16.3. The van der Waals surface area contributed by atoms with Gasteiger partial charge in [-0.3, -0.25) is 4.79 Å². The van der Waals surface area contributed by atoms with E-state index in [4.69, 9.17) is 0 Å². The molecule has 0 heterocycles. The Morgan fingerprint density at radius 1 is 0.833 bits per heavy atom. The number of ketones is 1. The van der Waals surface area contributed by atoms with Crippen LogP contribution in [0.15, 0.2) is 0 Å². The minimum atomic E-state index is 0.444. The summed E-state index contributed by atoms with van der Waals surface area (Å²) in [7, 11) is 0. The van der Waals surface area contributed by atoms with Crippen molar-refractivity contribution in [1.29, 1.82) is 0 Å². The van der Waals surface area contributed by atoms with E-state index in [-0.39, 0.29) is 0 Å². The van der Waals surface area contributed by atoms with Crippen molar-refractivity contribution in [2.75, 3.05) is 0 Å². The number of carbonyl (C=O) groups excluding carboxylic acids is 1. The summed E-state index contributed by atoms with van der Waals surface area (Å²) in [5, 5.41) is 0. The third-order valence-electron chi connectivity index (χ3n) is 4.34. The molecule has 1 aliphatic rings. The predicted octanol–water partition coefficient (Wildman–Crippen LogP) is 5.67. The van der Waals surface area contributed by atoms with E-state index in [9.17, 15) is 4.79 Å². The van der Waals surface area contributed by atoms with Gasteiger partial charge in [0, 0.05) is 12.3 Å². The van der Waals surface area contributed by atoms with Crippen molar-refractivity contribution in [2.24, 2.45) is 5.92 Å². The van der Waals surface area contributed by atoms with Crippen molar-refractivity contribution in [3.05, 3.63) is 0 Å². The lowest BCUT2D eigenvalue weighted by atomic mass is 9.97. The van der Waals surface area contributed by atoms with Gasteiger partial charge in [0.15, 0.2) is 0 Å². The first kappa shape index (κ1) is 15.7. The van der Waals surface area contributed by atoms with Crippen molar-refractivity contribution in [3.63, 3.8) is 0 Å². The van der Waals surface area contributed by atoms with Gasteiger partial charge in [-0.2, -0.15) is 0 Å². The van der Waals surface area contributed by atoms with Crippen LogP contribution in [0.2, 0.25) is 0 Å². The molecule has 1 aliphatic carbocycles. The lowest BCUT2D eigenvalue weighted by molar-refractivity contribution is -0.122. The molecule has 0 unspecified atom stereocenters. The van der Waals surface area contributed by atoms with E-state index >= 15 is 0 Å². The molecule has 106 valence electrons. The minimum absolute atomic E-state index is 0.444. The molecule has 0 spiro atoms. The zero-order valence-corrected chi connectivity index (χ0v) is 12.4. The Labute approximate surface area is 114 Å². The SMILES string of the molecule is CCCCCCCCCCCC(=O)C1CCCC1. The van der Waals surface area contributed by atoms with Crippen LogP contribution < -0.4 is 0 Å². The fraction of sp³-hybridized carbons (Fsp3) is 0.941. The average Bonchev–Trinajstić information content (AvgIpc) is 2.90. The summed E-state index contributed by atoms with van der Waals surface area (Å²) in [5.41, 5.74) is 0. The van der Waals surface area contributed by atoms with Crippen LogP contribution in [-0.2, 0) is 4.79 Å². The number of carbonyl (C=O) groups is 1. The zero-order chi connectivity index (χ0) is 13.1. The molecule has 1 fully saturated rings. The Balaban J connectivity index is 1.82. The highest BCUT2D eigenvalue weighted by Crippen LogP contribution is 2.27. The van der Waals surface area contributed by atoms with Gasteiger partial charge >= 0.3 is 0 Å². The van der Waals surface area contributed by atoms with Gasteiger partial charge < -0.3 is 0 Å². The molecule has 0 N–H and O–H groups in total. The fourth-order valence-electron chi connectivity index (χ4n) is 3.06. The second kappa shape index (κ2) is 10.6. The molecule has 0 aromatic heterocycles. The van der Waals surface area contributed by atoms with Crippen LogP contribution in [0.3, 0.4) is 0 Å². The van der Waals surface area contributed by atoms with Crippen molar-refractivity contribution in [3.8, 4) is 0 Å². The summed E-state index contributed by atoms with van der Waals surface area (Å²) >= 11 is 0. The predicted molar refractivity (Wildman–Crippen MR) is 78.8 cm³/mol. The van der Waals surface area contributed by atoms with Crippen LogP contribution >= 0.6 is 0 Å². The largest absolute Gasteiger partial charge is 0.299 e. The Morgan fingerprint density at radius 3 is 1.89 bits per heavy atom. The molecule has 1 saturated carbocycles. The van der Waals surface area contributed by atoms with E-state index < -0.39 is 0 Å². The van der Waals surface area contributed by atoms with Crippen molar-refractivity contribution in [1.82, 2.24) is 0 Å². The van der Waals surface area contributed by atoms with Gasteiger partial charge in [-0.1, -0.05) is 71.1 Å². The summed E-state index contributed by atoms with van der Waals surface area (Å²) in [6, 6.07) is 0. The average molecular weight is 252 g/mol. The first-order valence-electron chi connectivity index (χ1n) is 8.37. The Morgan fingerprint density at radius 2 is 1.33 bits per heavy atom. The smallest absolute Gasteiger partial charge is 0.135 e. The molecule has 0 atom stereocenters. The van der Waals surface area contributed by atoms with Crippen molar-refractivity contribution in [2.45, 2.75) is 96.8 Å². The Bertz CT molecular complexity index is 204. The maximum Gasteiger partial charge on any atom is 0.135 e. The molecule has 0 saturated heterocycles. The second-order valence-electron chi connectivity index (χ2n) is 6.03. The molecule has 0 amide bonds. The van der Waals surface area contributed by atoms with E-state index in [1.54, 1.807) is 0 Å². The molecule has 0 aliphatic heterocycles. The summed E-state index contributed by atoms with van der Waals surface area (Å²) in [4.78, 5) is 11.9. The van der Waals surface area contributed by atoms with Crippen LogP contribution in [0, 0.1) is 5.92 Å². The number of hydrogen-bond donors (Lipinski definition) is 0. The minimum Gasteiger partial charge on any atom is -0.299 e. The summed E-state index contributed by atoms with van der Waals surface area (Å²) < 4.78 is 0. The van der Waals surface area contributed by atoms with Gasteiger partial charge in [-0.25, -0.2) is 0 Å². The summed E-state index contributed by atoms with van der Waals surface area (Å²) in [6.45, 7) is 2.27. The highest BCUT2D eigenvalue weighted by molar-refractivity contribution is 5.81. The molecular weight excluding hydrogens is 220 g/mol. The van der Waals surface area contributed by atoms with Crippen molar-refractivity contribution >= 4 is 5.78 Å². The quantitative estimate of drug-likeness (QED) is 0.433. The van der Waals surface area contributed by atoms with Gasteiger partial charge in [-0.15, -0.1) is 0 Å². The lowest BCUT2D eigenvalue weighted by Gasteiger charge is -2.07. The van der Waals surface area contributed by atoms with Gasteiger partial charge in [0.1, 0.15) is 5.78 Å². The zero-order valence-electron chi connectivity index (χ0n) is 12.4. The van der Waals surface area contributed by atoms with Gasteiger partial charge in [0.05, 0.1) is 0 Å². The maximum atomic E-state index is 11.9. The Hall–Kier alpha value is -0.330. The molecule has 1 nitrogen and oxygen atoms in total. The first-order valence-corrected chi connectivity index (χ1v) is 8.37. The van der Waals surface area contributed by atoms with E-state index in [0.29, 0.717) is 11.7 Å². The Kier molecular flexibility index (Phi) is 9.24. The van der Waals surface area contributed by atoms with E-state index in [1.165, 1.54) is 77.0 Å². The molecule has 1 heteroatoms.